The highest BCUT2D eigenvalue weighted by molar-refractivity contribution is 5.42. The van der Waals surface area contributed by atoms with Gasteiger partial charge in [-0.2, -0.15) is 13.2 Å². The quantitative estimate of drug-likeness (QED) is 0.834. The summed E-state index contributed by atoms with van der Waals surface area (Å²) in [6.07, 6.45) is -4.28. The molecule has 0 radical (unpaired) electrons. The average molecular weight is 278 g/mol. The maximum atomic E-state index is 12.2. The third-order valence-corrected chi connectivity index (χ3v) is 2.60. The van der Waals surface area contributed by atoms with E-state index in [1.807, 2.05) is 0 Å². The van der Waals surface area contributed by atoms with Gasteiger partial charge in [0, 0.05) is 24.2 Å². The molecule has 0 saturated heterocycles. The van der Waals surface area contributed by atoms with Crippen LogP contribution in [0.4, 0.5) is 13.2 Å². The molecule has 0 aliphatic heterocycles. The molecule has 0 fully saturated rings. The van der Waals surface area contributed by atoms with E-state index in [1.54, 1.807) is 18.2 Å². The molecule has 1 rings (SSSR count). The fraction of sp³-hybridized carbons (Fsp3) is 0.500. The number of methoxy groups -OCH3 is 2. The Morgan fingerprint density at radius 2 is 1.95 bits per heavy atom. The number of rotatable bonds is 6. The number of nitrogens with one attached hydrogen (secondary N) is 1. The van der Waals surface area contributed by atoms with E-state index in [9.17, 15) is 13.2 Å². The molecule has 3 N–H and O–H groups in total. The smallest absolute Gasteiger partial charge is 0.401 e. The molecule has 1 unspecified atom stereocenters. The van der Waals surface area contributed by atoms with Crippen LogP contribution in [0.25, 0.3) is 0 Å². The summed E-state index contributed by atoms with van der Waals surface area (Å²) >= 11 is 0. The van der Waals surface area contributed by atoms with Crippen molar-refractivity contribution in [3.8, 4) is 11.5 Å². The summed E-state index contributed by atoms with van der Waals surface area (Å²) in [6.45, 7) is -1.08. The second-order valence-electron chi connectivity index (χ2n) is 3.89. The zero-order valence-corrected chi connectivity index (χ0v) is 10.8. The highest BCUT2D eigenvalue weighted by Gasteiger charge is 2.28. The summed E-state index contributed by atoms with van der Waals surface area (Å²) in [5.41, 5.74) is 6.08. The molecule has 0 saturated carbocycles. The van der Waals surface area contributed by atoms with E-state index in [2.05, 4.69) is 5.32 Å². The van der Waals surface area contributed by atoms with Crippen LogP contribution in [0.2, 0.25) is 0 Å². The van der Waals surface area contributed by atoms with Crippen LogP contribution in [-0.4, -0.2) is 33.5 Å². The summed E-state index contributed by atoms with van der Waals surface area (Å²) < 4.78 is 46.8. The summed E-state index contributed by atoms with van der Waals surface area (Å²) in [6, 6.07) is 4.25. The zero-order chi connectivity index (χ0) is 14.5. The zero-order valence-electron chi connectivity index (χ0n) is 10.8. The molecule has 0 amide bonds. The van der Waals surface area contributed by atoms with E-state index in [4.69, 9.17) is 15.2 Å². The Balaban J connectivity index is 2.91. The molecule has 1 aromatic rings. The van der Waals surface area contributed by atoms with Gasteiger partial charge >= 0.3 is 6.18 Å². The van der Waals surface area contributed by atoms with Crippen molar-refractivity contribution in [1.29, 1.82) is 0 Å². The fourth-order valence-corrected chi connectivity index (χ4v) is 1.67. The summed E-state index contributed by atoms with van der Waals surface area (Å²) in [7, 11) is 2.94. The van der Waals surface area contributed by atoms with Crippen molar-refractivity contribution >= 4 is 0 Å². The van der Waals surface area contributed by atoms with E-state index in [-0.39, 0.29) is 6.54 Å². The van der Waals surface area contributed by atoms with Crippen LogP contribution < -0.4 is 20.5 Å². The molecule has 4 nitrogen and oxygen atoms in total. The second-order valence-corrected chi connectivity index (χ2v) is 3.89. The Morgan fingerprint density at radius 3 is 2.42 bits per heavy atom. The Bertz CT molecular complexity index is 410. The number of nitrogens with two attached hydrogens (primary N) is 1. The molecule has 108 valence electrons. The molecule has 0 bridgehead atoms. The minimum atomic E-state index is -4.28. The molecule has 7 heteroatoms. The molecule has 0 aliphatic rings. The Hall–Kier alpha value is -1.47. The molecule has 0 aromatic heterocycles. The lowest BCUT2D eigenvalue weighted by molar-refractivity contribution is -0.126. The fourth-order valence-electron chi connectivity index (χ4n) is 1.67. The second kappa shape index (κ2) is 6.63. The highest BCUT2D eigenvalue weighted by atomic mass is 19.4. The van der Waals surface area contributed by atoms with Gasteiger partial charge in [-0.25, -0.2) is 0 Å². The van der Waals surface area contributed by atoms with Crippen molar-refractivity contribution in [1.82, 2.24) is 5.32 Å². The van der Waals surface area contributed by atoms with Crippen LogP contribution in [0.5, 0.6) is 11.5 Å². The summed E-state index contributed by atoms with van der Waals surface area (Å²) in [5, 5.41) is 2.37. The van der Waals surface area contributed by atoms with Crippen LogP contribution in [0, 0.1) is 0 Å². The highest BCUT2D eigenvalue weighted by Crippen LogP contribution is 2.29. The van der Waals surface area contributed by atoms with E-state index in [0.717, 1.165) is 0 Å². The van der Waals surface area contributed by atoms with Crippen LogP contribution in [0.3, 0.4) is 0 Å². The molecule has 1 aromatic carbocycles. The molecule has 0 heterocycles. The first kappa shape index (κ1) is 15.6. The van der Waals surface area contributed by atoms with Crippen molar-refractivity contribution in [2.45, 2.75) is 12.2 Å². The van der Waals surface area contributed by atoms with Gasteiger partial charge < -0.3 is 20.5 Å². The number of benzene rings is 1. The van der Waals surface area contributed by atoms with Gasteiger partial charge in [0.2, 0.25) is 0 Å². The lowest BCUT2D eigenvalue weighted by Crippen LogP contribution is -2.35. The summed E-state index contributed by atoms with van der Waals surface area (Å²) in [5.74, 6) is 0.997. The van der Waals surface area contributed by atoms with Crippen molar-refractivity contribution in [2.75, 3.05) is 27.3 Å². The number of hydrogen-bond donors (Lipinski definition) is 2. The molecule has 0 aliphatic carbocycles. The SMILES string of the molecule is COc1ccc(C(CN)NCC(F)(F)F)c(OC)c1. The van der Waals surface area contributed by atoms with Gasteiger partial charge in [0.15, 0.2) is 0 Å². The first-order chi connectivity index (χ1) is 8.91. The topological polar surface area (TPSA) is 56.5 Å². The molecular weight excluding hydrogens is 261 g/mol. The Labute approximate surface area is 109 Å². The molecule has 19 heavy (non-hydrogen) atoms. The van der Waals surface area contributed by atoms with E-state index in [1.165, 1.54) is 14.2 Å². The van der Waals surface area contributed by atoms with Crippen molar-refractivity contribution in [3.63, 3.8) is 0 Å². The third kappa shape index (κ3) is 4.60. The van der Waals surface area contributed by atoms with Gasteiger partial charge in [-0.05, 0) is 6.07 Å². The lowest BCUT2D eigenvalue weighted by atomic mass is 10.1. The van der Waals surface area contributed by atoms with Gasteiger partial charge in [-0.15, -0.1) is 0 Å². The van der Waals surface area contributed by atoms with Crippen LogP contribution >= 0.6 is 0 Å². The predicted molar refractivity (Wildman–Crippen MR) is 65.4 cm³/mol. The maximum Gasteiger partial charge on any atom is 0.401 e. The number of ether oxygens (including phenoxy) is 2. The van der Waals surface area contributed by atoms with E-state index >= 15 is 0 Å². The van der Waals surface area contributed by atoms with Crippen LogP contribution in [0.15, 0.2) is 18.2 Å². The molecular formula is C12H17F3N2O2. The summed E-state index contributed by atoms with van der Waals surface area (Å²) in [4.78, 5) is 0. The van der Waals surface area contributed by atoms with Crippen molar-refractivity contribution in [3.05, 3.63) is 23.8 Å². The van der Waals surface area contributed by atoms with Crippen molar-refractivity contribution in [2.24, 2.45) is 5.73 Å². The van der Waals surface area contributed by atoms with Crippen LogP contribution in [-0.2, 0) is 0 Å². The maximum absolute atomic E-state index is 12.2. The van der Waals surface area contributed by atoms with Gasteiger partial charge in [0.05, 0.1) is 20.8 Å². The minimum Gasteiger partial charge on any atom is -0.497 e. The lowest BCUT2D eigenvalue weighted by Gasteiger charge is -2.21. The first-order valence-corrected chi connectivity index (χ1v) is 5.63. The number of alkyl halides is 3. The number of halogens is 3. The van der Waals surface area contributed by atoms with Gasteiger partial charge in [0.25, 0.3) is 0 Å². The Kier molecular flexibility index (Phi) is 5.44. The van der Waals surface area contributed by atoms with E-state index < -0.39 is 18.8 Å². The van der Waals surface area contributed by atoms with Gasteiger partial charge in [-0.3, -0.25) is 0 Å². The third-order valence-electron chi connectivity index (χ3n) is 2.60. The largest absolute Gasteiger partial charge is 0.497 e. The first-order valence-electron chi connectivity index (χ1n) is 5.63. The molecule has 0 spiro atoms. The normalized spacial score (nSPS) is 13.2. The monoisotopic (exact) mass is 278 g/mol. The average Bonchev–Trinajstić information content (AvgIpc) is 2.38. The Morgan fingerprint density at radius 1 is 1.26 bits per heavy atom. The molecule has 1 atom stereocenters. The van der Waals surface area contributed by atoms with Crippen molar-refractivity contribution < 1.29 is 22.6 Å². The van der Waals surface area contributed by atoms with E-state index in [0.29, 0.717) is 17.1 Å². The standard InChI is InChI=1S/C12H17F3N2O2/c1-18-8-3-4-9(11(5-8)19-2)10(6-16)17-7-12(13,14)15/h3-5,10,17H,6-7,16H2,1-2H3. The van der Waals surface area contributed by atoms with Gasteiger partial charge in [0.1, 0.15) is 11.5 Å². The minimum absolute atomic E-state index is 0.0266. The van der Waals surface area contributed by atoms with Gasteiger partial charge in [-0.1, -0.05) is 6.07 Å². The number of hydrogen-bond acceptors (Lipinski definition) is 4. The predicted octanol–water partition coefficient (Wildman–Crippen LogP) is 1.86. The van der Waals surface area contributed by atoms with Crippen LogP contribution in [0.1, 0.15) is 11.6 Å².